The first-order valence-corrected chi connectivity index (χ1v) is 7.88. The molecule has 118 valence electrons. The molecule has 1 fully saturated rings. The van der Waals surface area contributed by atoms with Gasteiger partial charge in [0.25, 0.3) is 0 Å². The number of nitrogens with one attached hydrogen (secondary N) is 1. The molecule has 1 aromatic rings. The van der Waals surface area contributed by atoms with Gasteiger partial charge in [-0.1, -0.05) is 12.8 Å². The van der Waals surface area contributed by atoms with Crippen LogP contribution in [0.15, 0.2) is 16.8 Å². The number of carbonyl (C=O) groups excluding carboxylic acids is 1. The van der Waals surface area contributed by atoms with Crippen LogP contribution in [0.5, 0.6) is 0 Å². The van der Waals surface area contributed by atoms with Crippen LogP contribution in [-0.4, -0.2) is 23.7 Å². The molecule has 0 saturated heterocycles. The van der Waals surface area contributed by atoms with Gasteiger partial charge in [0.15, 0.2) is 0 Å². The molecule has 0 radical (unpaired) electrons. The largest absolute Gasteiger partial charge is 0.392 e. The number of alkyl halides is 3. The minimum atomic E-state index is -4.34. The fourth-order valence-electron chi connectivity index (χ4n) is 2.75. The molecule has 0 bridgehead atoms. The summed E-state index contributed by atoms with van der Waals surface area (Å²) in [7, 11) is 0. The van der Waals surface area contributed by atoms with Gasteiger partial charge in [-0.15, -0.1) is 0 Å². The van der Waals surface area contributed by atoms with Crippen molar-refractivity contribution < 1.29 is 23.1 Å². The molecule has 1 saturated carbocycles. The number of rotatable bonds is 4. The van der Waals surface area contributed by atoms with Crippen LogP contribution >= 0.6 is 11.3 Å². The molecular weight excluding hydrogens is 303 g/mol. The highest BCUT2D eigenvalue weighted by Gasteiger charge is 2.47. The van der Waals surface area contributed by atoms with Crippen molar-refractivity contribution in [3.63, 3.8) is 0 Å². The number of thiophene rings is 1. The van der Waals surface area contributed by atoms with Crippen LogP contribution < -0.4 is 5.32 Å². The summed E-state index contributed by atoms with van der Waals surface area (Å²) in [5.41, 5.74) is 0.663. The van der Waals surface area contributed by atoms with E-state index in [0.717, 1.165) is 0 Å². The quantitative estimate of drug-likeness (QED) is 0.894. The van der Waals surface area contributed by atoms with Crippen LogP contribution in [0.3, 0.4) is 0 Å². The summed E-state index contributed by atoms with van der Waals surface area (Å²) in [6, 6.07) is 1.72. The molecular formula is C14H18F3NO2S. The van der Waals surface area contributed by atoms with Crippen molar-refractivity contribution in [1.82, 2.24) is 5.32 Å². The number of aliphatic hydroxyl groups is 1. The summed E-state index contributed by atoms with van der Waals surface area (Å²) in [4.78, 5) is 12.0. The Labute approximate surface area is 125 Å². The predicted octanol–water partition coefficient (Wildman–Crippen LogP) is 3.27. The first kappa shape index (κ1) is 16.3. The van der Waals surface area contributed by atoms with Crippen LogP contribution in [0.2, 0.25) is 0 Å². The summed E-state index contributed by atoms with van der Waals surface area (Å²) in [5, 5.41) is 15.8. The zero-order valence-corrected chi connectivity index (χ0v) is 12.2. The van der Waals surface area contributed by atoms with Gasteiger partial charge < -0.3 is 10.4 Å². The minimum Gasteiger partial charge on any atom is -0.387 e. The minimum absolute atomic E-state index is 0.00860. The maximum Gasteiger partial charge on any atom is 0.392 e. The molecule has 2 rings (SSSR count). The maximum absolute atomic E-state index is 12.9. The third kappa shape index (κ3) is 4.20. The Hall–Kier alpha value is -1.08. The lowest BCUT2D eigenvalue weighted by molar-refractivity contribution is -0.198. The second kappa shape index (κ2) is 6.79. The van der Waals surface area contributed by atoms with Crippen molar-refractivity contribution in [2.24, 2.45) is 11.8 Å². The molecule has 1 aliphatic rings. The SMILES string of the molecule is O=C(NC[C@H](O)c1ccsc1)[C@H]1CCCC[C@H]1C(F)(F)F. The zero-order chi connectivity index (χ0) is 15.5. The first-order valence-electron chi connectivity index (χ1n) is 6.94. The molecule has 7 heteroatoms. The normalized spacial score (nSPS) is 24.6. The monoisotopic (exact) mass is 321 g/mol. The summed E-state index contributed by atoms with van der Waals surface area (Å²) in [6.07, 6.45) is -3.82. The summed E-state index contributed by atoms with van der Waals surface area (Å²) in [6.45, 7) is -0.0589. The van der Waals surface area contributed by atoms with Crippen molar-refractivity contribution >= 4 is 17.2 Å². The van der Waals surface area contributed by atoms with Crippen LogP contribution in [0.25, 0.3) is 0 Å². The molecule has 1 aromatic heterocycles. The van der Waals surface area contributed by atoms with Gasteiger partial charge in [0.05, 0.1) is 12.0 Å². The van der Waals surface area contributed by atoms with E-state index in [1.165, 1.54) is 11.3 Å². The standard InChI is InChI=1S/C14H18F3NO2S/c15-14(16,17)11-4-2-1-3-10(11)13(20)18-7-12(19)9-5-6-21-8-9/h5-6,8,10-12,19H,1-4,7H2,(H,18,20)/t10-,11+,12-/m0/s1. The Bertz CT molecular complexity index is 461. The Morgan fingerprint density at radius 3 is 2.76 bits per heavy atom. The second-order valence-electron chi connectivity index (χ2n) is 5.36. The van der Waals surface area contributed by atoms with E-state index < -0.39 is 30.0 Å². The Kier molecular flexibility index (Phi) is 5.27. The molecule has 1 aliphatic carbocycles. The molecule has 1 heterocycles. The molecule has 2 N–H and O–H groups in total. The fraction of sp³-hybridized carbons (Fsp3) is 0.643. The van der Waals surface area contributed by atoms with E-state index in [2.05, 4.69) is 5.32 Å². The number of halogens is 3. The maximum atomic E-state index is 12.9. The van der Waals surface area contributed by atoms with E-state index in [0.29, 0.717) is 18.4 Å². The lowest BCUT2D eigenvalue weighted by atomic mass is 9.78. The van der Waals surface area contributed by atoms with Crippen LogP contribution in [0, 0.1) is 11.8 Å². The lowest BCUT2D eigenvalue weighted by Crippen LogP contribution is -2.43. The van der Waals surface area contributed by atoms with E-state index in [-0.39, 0.29) is 19.4 Å². The van der Waals surface area contributed by atoms with Gasteiger partial charge in [-0.05, 0) is 35.2 Å². The number of aliphatic hydroxyl groups excluding tert-OH is 1. The highest BCUT2D eigenvalue weighted by Crippen LogP contribution is 2.41. The third-order valence-electron chi connectivity index (χ3n) is 3.92. The van der Waals surface area contributed by atoms with Crippen molar-refractivity contribution in [2.75, 3.05) is 6.54 Å². The Morgan fingerprint density at radius 1 is 1.43 bits per heavy atom. The topological polar surface area (TPSA) is 49.3 Å². The fourth-order valence-corrected chi connectivity index (χ4v) is 3.45. The molecule has 3 atom stereocenters. The average Bonchev–Trinajstić information content (AvgIpc) is 2.97. The molecule has 0 spiro atoms. The molecule has 21 heavy (non-hydrogen) atoms. The van der Waals surface area contributed by atoms with Crippen molar-refractivity contribution in [3.8, 4) is 0 Å². The van der Waals surface area contributed by atoms with Gasteiger partial charge in [0.1, 0.15) is 0 Å². The number of amides is 1. The number of hydrogen-bond donors (Lipinski definition) is 2. The van der Waals surface area contributed by atoms with E-state index in [1.807, 2.05) is 0 Å². The second-order valence-corrected chi connectivity index (χ2v) is 6.14. The Balaban J connectivity index is 1.92. The molecule has 0 aromatic carbocycles. The highest BCUT2D eigenvalue weighted by molar-refractivity contribution is 7.07. The van der Waals surface area contributed by atoms with Crippen LogP contribution in [-0.2, 0) is 4.79 Å². The van der Waals surface area contributed by atoms with Crippen molar-refractivity contribution in [1.29, 1.82) is 0 Å². The summed E-state index contributed by atoms with van der Waals surface area (Å²) in [5.74, 6) is -3.20. The number of carbonyl (C=O) groups is 1. The van der Waals surface area contributed by atoms with Gasteiger partial charge in [0.2, 0.25) is 5.91 Å². The lowest BCUT2D eigenvalue weighted by Gasteiger charge is -2.32. The molecule has 0 unspecified atom stereocenters. The predicted molar refractivity (Wildman–Crippen MR) is 73.8 cm³/mol. The van der Waals surface area contributed by atoms with Gasteiger partial charge in [-0.3, -0.25) is 4.79 Å². The smallest absolute Gasteiger partial charge is 0.387 e. The third-order valence-corrected chi connectivity index (χ3v) is 4.62. The van der Waals surface area contributed by atoms with Gasteiger partial charge in [-0.25, -0.2) is 0 Å². The zero-order valence-electron chi connectivity index (χ0n) is 11.4. The average molecular weight is 321 g/mol. The van der Waals surface area contributed by atoms with Crippen LogP contribution in [0.1, 0.15) is 37.4 Å². The molecule has 3 nitrogen and oxygen atoms in total. The van der Waals surface area contributed by atoms with Gasteiger partial charge >= 0.3 is 6.18 Å². The van der Waals surface area contributed by atoms with Gasteiger partial charge in [0, 0.05) is 12.5 Å². The van der Waals surface area contributed by atoms with Crippen molar-refractivity contribution in [3.05, 3.63) is 22.4 Å². The first-order chi connectivity index (χ1) is 9.89. The molecule has 0 aliphatic heterocycles. The number of hydrogen-bond acceptors (Lipinski definition) is 3. The van der Waals surface area contributed by atoms with E-state index in [4.69, 9.17) is 0 Å². The van der Waals surface area contributed by atoms with E-state index >= 15 is 0 Å². The van der Waals surface area contributed by atoms with Crippen molar-refractivity contribution in [2.45, 2.75) is 38.0 Å². The summed E-state index contributed by atoms with van der Waals surface area (Å²) >= 11 is 1.41. The van der Waals surface area contributed by atoms with E-state index in [9.17, 15) is 23.1 Å². The van der Waals surface area contributed by atoms with Crippen LogP contribution in [0.4, 0.5) is 13.2 Å². The van der Waals surface area contributed by atoms with E-state index in [1.54, 1.807) is 16.8 Å². The molecule has 1 amide bonds. The van der Waals surface area contributed by atoms with Gasteiger partial charge in [-0.2, -0.15) is 24.5 Å². The highest BCUT2D eigenvalue weighted by atomic mass is 32.1. The Morgan fingerprint density at radius 2 is 2.14 bits per heavy atom. The summed E-state index contributed by atoms with van der Waals surface area (Å²) < 4.78 is 38.8.